The second-order valence-corrected chi connectivity index (χ2v) is 5.31. The molecule has 0 radical (unpaired) electrons. The number of carbonyl (C=O) groups excluding carboxylic acids is 1. The highest BCUT2D eigenvalue weighted by molar-refractivity contribution is 7.80. The summed E-state index contributed by atoms with van der Waals surface area (Å²) < 4.78 is 10.1. The molecule has 0 aliphatic carbocycles. The van der Waals surface area contributed by atoms with Gasteiger partial charge in [0.05, 0.1) is 25.3 Å². The molecule has 0 unspecified atom stereocenters. The Bertz CT molecular complexity index is 586. The molecule has 2 rings (SSSR count). The number of hydrogen-bond acceptors (Lipinski definition) is 4. The van der Waals surface area contributed by atoms with Gasteiger partial charge in [-0.15, -0.1) is 0 Å². The third kappa shape index (κ3) is 3.28. The molecule has 1 atom stereocenters. The average Bonchev–Trinajstić information content (AvgIpc) is 2.54. The maximum absolute atomic E-state index is 12.3. The minimum Gasteiger partial charge on any atom is -0.466 e. The summed E-state index contributed by atoms with van der Waals surface area (Å²) in [4.78, 5) is 14.1. The number of esters is 1. The molecule has 0 bridgehead atoms. The quantitative estimate of drug-likeness (QED) is 0.662. The van der Waals surface area contributed by atoms with Gasteiger partial charge in [0.15, 0.2) is 5.11 Å². The first-order valence-electron chi connectivity index (χ1n) is 7.01. The third-order valence-corrected chi connectivity index (χ3v) is 3.99. The van der Waals surface area contributed by atoms with E-state index >= 15 is 0 Å². The molecule has 1 aromatic carbocycles. The fourth-order valence-corrected chi connectivity index (χ4v) is 2.85. The molecule has 6 heteroatoms. The number of methoxy groups -OCH3 is 2. The zero-order chi connectivity index (χ0) is 16.1. The maximum Gasteiger partial charge on any atom is 0.337 e. The van der Waals surface area contributed by atoms with Crippen molar-refractivity contribution in [1.82, 2.24) is 10.2 Å². The fraction of sp³-hybridized carbons (Fsp3) is 0.375. The van der Waals surface area contributed by atoms with Crippen molar-refractivity contribution < 1.29 is 14.3 Å². The number of ether oxygens (including phenoxy) is 2. The summed E-state index contributed by atoms with van der Waals surface area (Å²) in [5.41, 5.74) is 2.33. The highest BCUT2D eigenvalue weighted by Crippen LogP contribution is 2.31. The highest BCUT2D eigenvalue weighted by atomic mass is 32.1. The zero-order valence-electron chi connectivity index (χ0n) is 13.0. The lowest BCUT2D eigenvalue weighted by Crippen LogP contribution is -2.48. The monoisotopic (exact) mass is 320 g/mol. The summed E-state index contributed by atoms with van der Waals surface area (Å²) in [6.07, 6.45) is 0. The van der Waals surface area contributed by atoms with Crippen molar-refractivity contribution >= 4 is 23.3 Å². The van der Waals surface area contributed by atoms with Crippen LogP contribution in [-0.2, 0) is 14.3 Å². The molecule has 1 heterocycles. The first-order valence-corrected chi connectivity index (χ1v) is 7.42. The van der Waals surface area contributed by atoms with Crippen molar-refractivity contribution in [2.45, 2.75) is 13.0 Å². The van der Waals surface area contributed by atoms with Crippen LogP contribution < -0.4 is 5.32 Å². The number of nitrogens with one attached hydrogen (secondary N) is 1. The molecule has 1 N–H and O–H groups in total. The molecule has 1 aliphatic rings. The van der Waals surface area contributed by atoms with E-state index in [1.165, 1.54) is 7.11 Å². The first kappa shape index (κ1) is 16.5. The zero-order valence-corrected chi connectivity index (χ0v) is 13.8. The van der Waals surface area contributed by atoms with Crippen molar-refractivity contribution in [2.24, 2.45) is 0 Å². The topological polar surface area (TPSA) is 50.8 Å². The Hall–Kier alpha value is -1.92. The Labute approximate surface area is 135 Å². The number of rotatable bonds is 5. The van der Waals surface area contributed by atoms with Crippen LogP contribution in [0, 0.1) is 0 Å². The molecular weight excluding hydrogens is 300 g/mol. The summed E-state index contributed by atoms with van der Waals surface area (Å²) in [6, 6.07) is 9.41. The molecule has 0 aromatic heterocycles. The van der Waals surface area contributed by atoms with E-state index in [2.05, 4.69) is 5.32 Å². The molecule has 0 saturated heterocycles. The molecular formula is C16H20N2O3S. The van der Waals surface area contributed by atoms with Crippen molar-refractivity contribution in [1.29, 1.82) is 0 Å². The predicted octanol–water partition coefficient (Wildman–Crippen LogP) is 2.01. The normalized spacial score (nSPS) is 18.2. The van der Waals surface area contributed by atoms with Crippen molar-refractivity contribution in [3.8, 4) is 0 Å². The van der Waals surface area contributed by atoms with Crippen LogP contribution in [-0.4, -0.2) is 43.4 Å². The lowest BCUT2D eigenvalue weighted by molar-refractivity contribution is -0.136. The Kier molecular flexibility index (Phi) is 5.51. The molecule has 5 nitrogen and oxygen atoms in total. The van der Waals surface area contributed by atoms with Crippen molar-refractivity contribution in [3.05, 3.63) is 47.2 Å². The predicted molar refractivity (Wildman–Crippen MR) is 88.2 cm³/mol. The molecule has 0 amide bonds. The Morgan fingerprint density at radius 2 is 2.00 bits per heavy atom. The Morgan fingerprint density at radius 1 is 1.32 bits per heavy atom. The van der Waals surface area contributed by atoms with Crippen LogP contribution in [0.15, 0.2) is 41.6 Å². The molecule has 22 heavy (non-hydrogen) atoms. The van der Waals surface area contributed by atoms with Gasteiger partial charge in [-0.05, 0) is 24.7 Å². The molecule has 118 valence electrons. The van der Waals surface area contributed by atoms with Crippen LogP contribution in [0.1, 0.15) is 18.5 Å². The number of carbonyl (C=O) groups is 1. The van der Waals surface area contributed by atoms with Crippen molar-refractivity contribution in [3.63, 3.8) is 0 Å². The van der Waals surface area contributed by atoms with Crippen LogP contribution >= 0.6 is 12.2 Å². The molecule has 0 fully saturated rings. The Morgan fingerprint density at radius 3 is 2.59 bits per heavy atom. The minimum atomic E-state index is -0.358. The van der Waals surface area contributed by atoms with Crippen LogP contribution in [0.2, 0.25) is 0 Å². The molecule has 0 spiro atoms. The van der Waals surface area contributed by atoms with Crippen molar-refractivity contribution in [2.75, 3.05) is 27.4 Å². The van der Waals surface area contributed by atoms with E-state index in [0.29, 0.717) is 23.8 Å². The van der Waals surface area contributed by atoms with Gasteiger partial charge in [-0.3, -0.25) is 0 Å². The highest BCUT2D eigenvalue weighted by Gasteiger charge is 2.34. The van der Waals surface area contributed by atoms with Crippen LogP contribution in [0.5, 0.6) is 0 Å². The van der Waals surface area contributed by atoms with Crippen LogP contribution in [0.25, 0.3) is 0 Å². The number of nitrogens with zero attached hydrogens (tertiary/aromatic N) is 1. The number of thiocarbonyl (C=S) groups is 1. The van der Waals surface area contributed by atoms with E-state index in [1.807, 2.05) is 42.2 Å². The first-order chi connectivity index (χ1) is 10.6. The maximum atomic E-state index is 12.3. The summed E-state index contributed by atoms with van der Waals surface area (Å²) in [7, 11) is 3.02. The fourth-order valence-electron chi connectivity index (χ4n) is 2.50. The largest absolute Gasteiger partial charge is 0.466 e. The smallest absolute Gasteiger partial charge is 0.337 e. The SMILES string of the molecule is COCCN1C(=S)N[C@H](c2ccccc2)C(C(=O)OC)=C1C. The van der Waals surface area contributed by atoms with E-state index in [0.717, 1.165) is 11.3 Å². The standard InChI is InChI=1S/C16H20N2O3S/c1-11-13(15(19)21-3)14(12-7-5-4-6-8-12)17-16(22)18(11)9-10-20-2/h4-8,14H,9-10H2,1-3H3,(H,17,22)/t14-/m1/s1. The van der Waals surface area contributed by atoms with E-state index in [4.69, 9.17) is 21.7 Å². The summed E-state index contributed by atoms with van der Waals surface area (Å²) >= 11 is 5.44. The van der Waals surface area contributed by atoms with Gasteiger partial charge >= 0.3 is 5.97 Å². The average molecular weight is 320 g/mol. The van der Waals surface area contributed by atoms with Gasteiger partial charge in [-0.1, -0.05) is 30.3 Å². The molecule has 1 aliphatic heterocycles. The van der Waals surface area contributed by atoms with Gasteiger partial charge in [0.25, 0.3) is 0 Å². The number of hydrogen-bond donors (Lipinski definition) is 1. The second-order valence-electron chi connectivity index (χ2n) is 4.93. The van der Waals surface area contributed by atoms with Gasteiger partial charge in [-0.2, -0.15) is 0 Å². The van der Waals surface area contributed by atoms with E-state index in [1.54, 1.807) is 7.11 Å². The third-order valence-electron chi connectivity index (χ3n) is 3.65. The summed E-state index contributed by atoms with van der Waals surface area (Å²) in [6.45, 7) is 2.98. The molecule has 1 aromatic rings. The second kappa shape index (κ2) is 7.38. The van der Waals surface area contributed by atoms with Crippen LogP contribution in [0.3, 0.4) is 0 Å². The lowest BCUT2D eigenvalue weighted by Gasteiger charge is -2.37. The molecule has 0 saturated carbocycles. The Balaban J connectivity index is 2.45. The number of benzene rings is 1. The summed E-state index contributed by atoms with van der Waals surface area (Å²) in [5, 5.41) is 3.81. The van der Waals surface area contributed by atoms with Gasteiger partial charge in [0.2, 0.25) is 0 Å². The van der Waals surface area contributed by atoms with Gasteiger partial charge in [-0.25, -0.2) is 4.79 Å². The van der Waals surface area contributed by atoms with E-state index in [9.17, 15) is 4.79 Å². The van der Waals surface area contributed by atoms with E-state index in [-0.39, 0.29) is 12.0 Å². The van der Waals surface area contributed by atoms with Gasteiger partial charge in [0, 0.05) is 19.4 Å². The van der Waals surface area contributed by atoms with Crippen LogP contribution in [0.4, 0.5) is 0 Å². The number of allylic oxidation sites excluding steroid dienone is 1. The summed E-state index contributed by atoms with van der Waals surface area (Å²) in [5.74, 6) is -0.358. The van der Waals surface area contributed by atoms with E-state index < -0.39 is 0 Å². The van der Waals surface area contributed by atoms with Gasteiger partial charge < -0.3 is 19.7 Å². The van der Waals surface area contributed by atoms with Gasteiger partial charge in [0.1, 0.15) is 0 Å². The minimum absolute atomic E-state index is 0.306. The lowest BCUT2D eigenvalue weighted by atomic mass is 9.95.